The summed E-state index contributed by atoms with van der Waals surface area (Å²) in [6.07, 6.45) is 1.20. The average molecular weight is 315 g/mol. The molecule has 0 aliphatic heterocycles. The third-order valence-electron chi connectivity index (χ3n) is 2.95. The smallest absolute Gasteiger partial charge is 0.0219 e. The van der Waals surface area contributed by atoms with Crippen molar-refractivity contribution >= 4 is 0 Å². The van der Waals surface area contributed by atoms with Crippen molar-refractivity contribution in [3.63, 3.8) is 0 Å². The molecule has 0 saturated heterocycles. The first-order valence-electron chi connectivity index (χ1n) is 9.18. The van der Waals surface area contributed by atoms with Crippen molar-refractivity contribution in [2.45, 2.75) is 67.7 Å². The first-order valence-corrected chi connectivity index (χ1v) is 9.18. The predicted octanol–water partition coefficient (Wildman–Crippen LogP) is 7.75. The SMILES string of the molecule is CC.CC.CC(C)Cc1ccccc1.CC(C)c1ccccc1. The Balaban J connectivity index is 0. The van der Waals surface area contributed by atoms with Crippen molar-refractivity contribution in [1.82, 2.24) is 0 Å². The van der Waals surface area contributed by atoms with E-state index in [1.165, 1.54) is 17.5 Å². The molecule has 0 bridgehead atoms. The molecule has 0 unspecified atom stereocenters. The quantitative estimate of drug-likeness (QED) is 0.543. The maximum Gasteiger partial charge on any atom is -0.0219 e. The van der Waals surface area contributed by atoms with Gasteiger partial charge in [-0.15, -0.1) is 0 Å². The van der Waals surface area contributed by atoms with Gasteiger partial charge in [0, 0.05) is 0 Å². The van der Waals surface area contributed by atoms with Gasteiger partial charge in [-0.3, -0.25) is 0 Å². The lowest BCUT2D eigenvalue weighted by Gasteiger charge is -2.02. The predicted molar refractivity (Wildman–Crippen MR) is 108 cm³/mol. The van der Waals surface area contributed by atoms with E-state index in [1.807, 2.05) is 33.8 Å². The summed E-state index contributed by atoms with van der Waals surface area (Å²) in [6.45, 7) is 16.9. The Labute approximate surface area is 146 Å². The van der Waals surface area contributed by atoms with Gasteiger partial charge in [-0.25, -0.2) is 0 Å². The van der Waals surface area contributed by atoms with Crippen molar-refractivity contribution in [2.24, 2.45) is 5.92 Å². The molecule has 2 aromatic carbocycles. The van der Waals surface area contributed by atoms with E-state index in [-0.39, 0.29) is 0 Å². The molecule has 0 saturated carbocycles. The summed E-state index contributed by atoms with van der Waals surface area (Å²) in [5.41, 5.74) is 2.86. The molecular formula is C23H38. The normalized spacial score (nSPS) is 8.96. The zero-order valence-electron chi connectivity index (χ0n) is 16.6. The van der Waals surface area contributed by atoms with Gasteiger partial charge >= 0.3 is 0 Å². The number of hydrogen-bond acceptors (Lipinski definition) is 0. The van der Waals surface area contributed by atoms with Gasteiger partial charge in [0.25, 0.3) is 0 Å². The van der Waals surface area contributed by atoms with Gasteiger partial charge in [-0.05, 0) is 29.4 Å². The molecule has 23 heavy (non-hydrogen) atoms. The molecular weight excluding hydrogens is 276 g/mol. The second-order valence-electron chi connectivity index (χ2n) is 5.65. The molecule has 2 aromatic rings. The van der Waals surface area contributed by atoms with E-state index in [0.717, 1.165) is 5.92 Å². The summed E-state index contributed by atoms with van der Waals surface area (Å²) in [5, 5.41) is 0. The van der Waals surface area contributed by atoms with Crippen LogP contribution >= 0.6 is 0 Å². The minimum absolute atomic E-state index is 0.659. The topological polar surface area (TPSA) is 0 Å². The fourth-order valence-electron chi connectivity index (χ4n) is 1.92. The van der Waals surface area contributed by atoms with Crippen molar-refractivity contribution in [3.8, 4) is 0 Å². The Morgan fingerprint density at radius 1 is 0.609 bits per heavy atom. The fraction of sp³-hybridized carbons (Fsp3) is 0.478. The maximum absolute atomic E-state index is 2.24. The van der Waals surface area contributed by atoms with Crippen LogP contribution < -0.4 is 0 Å². The zero-order valence-corrected chi connectivity index (χ0v) is 16.6. The Kier molecular flexibility index (Phi) is 17.3. The zero-order chi connectivity index (χ0) is 18.1. The molecule has 0 amide bonds. The molecule has 0 spiro atoms. The molecule has 0 aliphatic carbocycles. The van der Waals surface area contributed by atoms with Gasteiger partial charge in [0.2, 0.25) is 0 Å². The maximum atomic E-state index is 2.24. The van der Waals surface area contributed by atoms with Crippen molar-refractivity contribution < 1.29 is 0 Å². The highest BCUT2D eigenvalue weighted by Gasteiger charge is 1.94. The van der Waals surface area contributed by atoms with Crippen molar-refractivity contribution in [2.75, 3.05) is 0 Å². The lowest BCUT2D eigenvalue weighted by atomic mass is 10.0. The lowest BCUT2D eigenvalue weighted by molar-refractivity contribution is 0.647. The van der Waals surface area contributed by atoms with E-state index >= 15 is 0 Å². The van der Waals surface area contributed by atoms with Crippen LogP contribution in [0.15, 0.2) is 60.7 Å². The molecule has 0 aromatic heterocycles. The Morgan fingerprint density at radius 2 is 1.00 bits per heavy atom. The fourth-order valence-corrected chi connectivity index (χ4v) is 1.92. The molecule has 2 rings (SSSR count). The van der Waals surface area contributed by atoms with E-state index in [9.17, 15) is 0 Å². The summed E-state index contributed by atoms with van der Waals surface area (Å²) in [7, 11) is 0. The monoisotopic (exact) mass is 314 g/mol. The molecule has 0 heteroatoms. The Hall–Kier alpha value is -1.56. The van der Waals surface area contributed by atoms with Gasteiger partial charge in [-0.1, -0.05) is 116 Å². The molecule has 0 nitrogen and oxygen atoms in total. The van der Waals surface area contributed by atoms with Crippen LogP contribution in [0.4, 0.5) is 0 Å². The third kappa shape index (κ3) is 13.8. The van der Waals surface area contributed by atoms with Gasteiger partial charge in [0.15, 0.2) is 0 Å². The number of benzene rings is 2. The van der Waals surface area contributed by atoms with Crippen LogP contribution in [-0.2, 0) is 6.42 Å². The second kappa shape index (κ2) is 16.8. The van der Waals surface area contributed by atoms with Crippen LogP contribution in [0.5, 0.6) is 0 Å². The van der Waals surface area contributed by atoms with E-state index in [1.54, 1.807) is 0 Å². The van der Waals surface area contributed by atoms with Gasteiger partial charge < -0.3 is 0 Å². The highest BCUT2D eigenvalue weighted by Crippen LogP contribution is 2.11. The summed E-state index contributed by atoms with van der Waals surface area (Å²) in [6, 6.07) is 21.1. The molecule has 0 aliphatic rings. The van der Waals surface area contributed by atoms with Crippen LogP contribution in [0, 0.1) is 5.92 Å². The Morgan fingerprint density at radius 3 is 1.30 bits per heavy atom. The summed E-state index contributed by atoms with van der Waals surface area (Å²) in [5.74, 6) is 1.42. The van der Waals surface area contributed by atoms with Gasteiger partial charge in [0.1, 0.15) is 0 Å². The second-order valence-corrected chi connectivity index (χ2v) is 5.65. The highest BCUT2D eigenvalue weighted by atomic mass is 14.0. The van der Waals surface area contributed by atoms with E-state index in [0.29, 0.717) is 5.92 Å². The molecule has 0 N–H and O–H groups in total. The molecule has 0 fully saturated rings. The van der Waals surface area contributed by atoms with Gasteiger partial charge in [0.05, 0.1) is 0 Å². The largest absolute Gasteiger partial charge is 0.0683 e. The Bertz CT molecular complexity index is 426. The first kappa shape index (κ1) is 23.7. The third-order valence-corrected chi connectivity index (χ3v) is 2.95. The van der Waals surface area contributed by atoms with Crippen LogP contribution in [0.25, 0.3) is 0 Å². The average Bonchev–Trinajstić information content (AvgIpc) is 2.60. The van der Waals surface area contributed by atoms with E-state index in [4.69, 9.17) is 0 Å². The summed E-state index contributed by atoms with van der Waals surface area (Å²) in [4.78, 5) is 0. The van der Waals surface area contributed by atoms with E-state index < -0.39 is 0 Å². The van der Waals surface area contributed by atoms with Crippen molar-refractivity contribution in [3.05, 3.63) is 71.8 Å². The standard InChI is InChI=1S/C10H14.C9H12.2C2H6/c1-9(2)8-10-6-4-3-5-7-10;1-8(2)9-6-4-3-5-7-9;2*1-2/h3-7,9H,8H2,1-2H3;3-8H,1-2H3;2*1-2H3. The van der Waals surface area contributed by atoms with Crippen LogP contribution in [0.3, 0.4) is 0 Å². The van der Waals surface area contributed by atoms with E-state index in [2.05, 4.69) is 82.3 Å². The summed E-state index contributed by atoms with van der Waals surface area (Å²) < 4.78 is 0. The minimum Gasteiger partial charge on any atom is -0.0683 e. The molecule has 0 atom stereocenters. The minimum atomic E-state index is 0.659. The van der Waals surface area contributed by atoms with Crippen LogP contribution in [-0.4, -0.2) is 0 Å². The molecule has 130 valence electrons. The lowest BCUT2D eigenvalue weighted by Crippen LogP contribution is -1.92. The summed E-state index contributed by atoms with van der Waals surface area (Å²) >= 11 is 0. The van der Waals surface area contributed by atoms with Crippen LogP contribution in [0.1, 0.15) is 72.4 Å². The number of hydrogen-bond donors (Lipinski definition) is 0. The molecule has 0 radical (unpaired) electrons. The first-order chi connectivity index (χ1) is 11.1. The number of rotatable bonds is 3. The molecule has 0 heterocycles. The highest BCUT2D eigenvalue weighted by molar-refractivity contribution is 5.17. The van der Waals surface area contributed by atoms with Crippen LogP contribution in [0.2, 0.25) is 0 Å². The van der Waals surface area contributed by atoms with Gasteiger partial charge in [-0.2, -0.15) is 0 Å². The van der Waals surface area contributed by atoms with Crippen molar-refractivity contribution in [1.29, 1.82) is 0 Å².